The van der Waals surface area contributed by atoms with Gasteiger partial charge in [-0.1, -0.05) is 42.0 Å². The summed E-state index contributed by atoms with van der Waals surface area (Å²) in [4.78, 5) is 32.8. The number of amides is 2. The molecule has 164 valence electrons. The Hall–Kier alpha value is -3.67. The van der Waals surface area contributed by atoms with Gasteiger partial charge in [0.15, 0.2) is 0 Å². The van der Waals surface area contributed by atoms with Crippen molar-refractivity contribution in [1.29, 1.82) is 0 Å². The van der Waals surface area contributed by atoms with E-state index in [1.807, 2.05) is 74.5 Å². The van der Waals surface area contributed by atoms with Gasteiger partial charge >= 0.3 is 0 Å². The van der Waals surface area contributed by atoms with Crippen LogP contribution in [0.15, 0.2) is 66.7 Å². The second-order valence-corrected chi connectivity index (χ2v) is 8.08. The van der Waals surface area contributed by atoms with E-state index in [9.17, 15) is 9.59 Å². The van der Waals surface area contributed by atoms with Crippen LogP contribution in [-0.4, -0.2) is 23.9 Å². The number of piperidine rings is 1. The van der Waals surface area contributed by atoms with Crippen molar-refractivity contribution in [3.63, 3.8) is 0 Å². The number of ether oxygens (including phenoxy) is 1. The molecule has 1 N–H and O–H groups in total. The smallest absolute Gasteiger partial charge is 0.231 e. The van der Waals surface area contributed by atoms with Crippen molar-refractivity contribution in [2.24, 2.45) is 5.92 Å². The van der Waals surface area contributed by atoms with Crippen molar-refractivity contribution < 1.29 is 14.3 Å². The molecule has 0 bridgehead atoms. The van der Waals surface area contributed by atoms with E-state index in [1.165, 1.54) is 0 Å². The number of para-hydroxylation sites is 1. The van der Waals surface area contributed by atoms with Crippen molar-refractivity contribution >= 4 is 23.3 Å². The summed E-state index contributed by atoms with van der Waals surface area (Å²) in [6.07, 6.45) is 0.737. The molecule has 6 nitrogen and oxygen atoms in total. The van der Waals surface area contributed by atoms with E-state index in [1.54, 1.807) is 18.1 Å². The van der Waals surface area contributed by atoms with Crippen LogP contribution in [0.1, 0.15) is 35.7 Å². The van der Waals surface area contributed by atoms with E-state index in [-0.39, 0.29) is 11.8 Å². The first-order valence-corrected chi connectivity index (χ1v) is 10.7. The van der Waals surface area contributed by atoms with E-state index < -0.39 is 12.0 Å². The molecule has 2 heterocycles. The van der Waals surface area contributed by atoms with E-state index in [2.05, 4.69) is 10.3 Å². The highest BCUT2D eigenvalue weighted by Crippen LogP contribution is 2.43. The number of hydrogen-bond acceptors (Lipinski definition) is 4. The van der Waals surface area contributed by atoms with E-state index in [0.29, 0.717) is 24.4 Å². The molecule has 1 fully saturated rings. The predicted molar refractivity (Wildman–Crippen MR) is 125 cm³/mol. The van der Waals surface area contributed by atoms with Crippen molar-refractivity contribution in [1.82, 2.24) is 4.98 Å². The molecule has 4 rings (SSSR count). The number of nitrogens with zero attached hydrogens (tertiary/aromatic N) is 2. The van der Waals surface area contributed by atoms with Crippen LogP contribution >= 0.6 is 0 Å². The summed E-state index contributed by atoms with van der Waals surface area (Å²) in [5.41, 5.74) is 3.50. The number of pyridine rings is 1. The van der Waals surface area contributed by atoms with Crippen molar-refractivity contribution in [3.05, 3.63) is 83.6 Å². The molecule has 1 aromatic heterocycles. The SMILES string of the molecule is COc1ccccc1C1C(C(=O)Nc2cccc(C)n2)CCC(=O)N1c1ccc(C)cc1. The van der Waals surface area contributed by atoms with Gasteiger partial charge in [-0.2, -0.15) is 0 Å². The van der Waals surface area contributed by atoms with Crippen LogP contribution in [0.25, 0.3) is 0 Å². The normalized spacial score (nSPS) is 18.3. The second-order valence-electron chi connectivity index (χ2n) is 8.08. The topological polar surface area (TPSA) is 71.5 Å². The molecule has 1 saturated heterocycles. The number of rotatable bonds is 5. The fourth-order valence-electron chi connectivity index (χ4n) is 4.27. The molecule has 3 aromatic rings. The van der Waals surface area contributed by atoms with Crippen LogP contribution in [0.3, 0.4) is 0 Å². The lowest BCUT2D eigenvalue weighted by Gasteiger charge is -2.41. The Morgan fingerprint density at radius 2 is 1.78 bits per heavy atom. The Morgan fingerprint density at radius 3 is 2.50 bits per heavy atom. The third-order valence-corrected chi connectivity index (χ3v) is 5.84. The highest BCUT2D eigenvalue weighted by Gasteiger charge is 2.42. The average molecular weight is 430 g/mol. The lowest BCUT2D eigenvalue weighted by molar-refractivity contribution is -0.126. The summed E-state index contributed by atoms with van der Waals surface area (Å²) in [7, 11) is 1.60. The van der Waals surface area contributed by atoms with Gasteiger partial charge in [0.1, 0.15) is 11.6 Å². The molecule has 2 unspecified atom stereocenters. The zero-order chi connectivity index (χ0) is 22.7. The first-order valence-electron chi connectivity index (χ1n) is 10.7. The Balaban J connectivity index is 1.78. The lowest BCUT2D eigenvalue weighted by Crippen LogP contribution is -2.47. The first kappa shape index (κ1) is 21.6. The predicted octanol–water partition coefficient (Wildman–Crippen LogP) is 4.83. The Bertz CT molecular complexity index is 1130. The standard InChI is InChI=1S/C26H27N3O3/c1-17-11-13-19(14-12-17)29-24(30)16-15-21(25(29)20-8-4-5-9-22(20)32-3)26(31)28-23-10-6-7-18(2)27-23/h4-14,21,25H,15-16H2,1-3H3,(H,27,28,31). The number of hydrogen-bond donors (Lipinski definition) is 1. The van der Waals surface area contributed by atoms with Gasteiger partial charge in [-0.3, -0.25) is 9.59 Å². The van der Waals surface area contributed by atoms with Gasteiger partial charge in [-0.25, -0.2) is 4.98 Å². The van der Waals surface area contributed by atoms with Crippen molar-refractivity contribution in [2.45, 2.75) is 32.7 Å². The largest absolute Gasteiger partial charge is 0.496 e. The minimum atomic E-state index is -0.500. The number of carbonyl (C=O) groups excluding carboxylic acids is 2. The fourth-order valence-corrected chi connectivity index (χ4v) is 4.27. The number of aryl methyl sites for hydroxylation is 2. The zero-order valence-electron chi connectivity index (χ0n) is 18.5. The number of anilines is 2. The van der Waals surface area contributed by atoms with E-state index >= 15 is 0 Å². The maximum atomic E-state index is 13.5. The number of aromatic nitrogens is 1. The quantitative estimate of drug-likeness (QED) is 0.631. The molecule has 1 aliphatic rings. The molecule has 2 aromatic carbocycles. The summed E-state index contributed by atoms with van der Waals surface area (Å²) in [6.45, 7) is 3.89. The van der Waals surface area contributed by atoms with Gasteiger partial charge in [-0.05, 0) is 50.6 Å². The molecular weight excluding hydrogens is 402 g/mol. The monoisotopic (exact) mass is 429 g/mol. The minimum Gasteiger partial charge on any atom is -0.496 e. The molecule has 0 radical (unpaired) electrons. The zero-order valence-corrected chi connectivity index (χ0v) is 18.5. The van der Waals surface area contributed by atoms with Crippen LogP contribution in [0.4, 0.5) is 11.5 Å². The number of methoxy groups -OCH3 is 1. The molecule has 0 saturated carbocycles. The molecule has 32 heavy (non-hydrogen) atoms. The lowest BCUT2D eigenvalue weighted by atomic mass is 9.82. The van der Waals surface area contributed by atoms with Crippen LogP contribution in [0.5, 0.6) is 5.75 Å². The van der Waals surface area contributed by atoms with Crippen molar-refractivity contribution in [3.8, 4) is 5.75 Å². The number of benzene rings is 2. The van der Waals surface area contributed by atoms with Gasteiger partial charge in [0.2, 0.25) is 11.8 Å². The second kappa shape index (κ2) is 9.22. The summed E-state index contributed by atoms with van der Waals surface area (Å²) < 4.78 is 5.62. The maximum Gasteiger partial charge on any atom is 0.231 e. The molecule has 2 amide bonds. The Labute approximate surface area is 188 Å². The third kappa shape index (κ3) is 4.35. The first-order chi connectivity index (χ1) is 15.5. The number of carbonyl (C=O) groups is 2. The molecule has 2 atom stereocenters. The Kier molecular flexibility index (Phi) is 6.21. The molecule has 0 aliphatic carbocycles. The summed E-state index contributed by atoms with van der Waals surface area (Å²) in [6, 6.07) is 20.4. The van der Waals surface area contributed by atoms with Crippen LogP contribution in [-0.2, 0) is 9.59 Å². The van der Waals surface area contributed by atoms with Gasteiger partial charge in [0.05, 0.1) is 19.1 Å². The van der Waals surface area contributed by atoms with Gasteiger partial charge < -0.3 is 15.0 Å². The summed E-state index contributed by atoms with van der Waals surface area (Å²) in [5.74, 6) is 0.516. The third-order valence-electron chi connectivity index (χ3n) is 5.84. The van der Waals surface area contributed by atoms with Crippen LogP contribution in [0, 0.1) is 19.8 Å². The van der Waals surface area contributed by atoms with E-state index in [0.717, 1.165) is 22.5 Å². The minimum absolute atomic E-state index is 0.0116. The summed E-state index contributed by atoms with van der Waals surface area (Å²) in [5, 5.41) is 2.96. The molecule has 1 aliphatic heterocycles. The van der Waals surface area contributed by atoms with E-state index in [4.69, 9.17) is 4.74 Å². The average Bonchev–Trinajstić information content (AvgIpc) is 2.79. The van der Waals surface area contributed by atoms with Gasteiger partial charge in [-0.15, -0.1) is 0 Å². The molecule has 0 spiro atoms. The number of nitrogens with one attached hydrogen (secondary N) is 1. The molecular formula is C26H27N3O3. The van der Waals surface area contributed by atoms with Gasteiger partial charge in [0, 0.05) is 23.4 Å². The van der Waals surface area contributed by atoms with Gasteiger partial charge in [0.25, 0.3) is 0 Å². The Morgan fingerprint density at radius 1 is 1.03 bits per heavy atom. The van der Waals surface area contributed by atoms with Crippen molar-refractivity contribution in [2.75, 3.05) is 17.3 Å². The van der Waals surface area contributed by atoms with Crippen LogP contribution in [0.2, 0.25) is 0 Å². The van der Waals surface area contributed by atoms with Crippen LogP contribution < -0.4 is 15.0 Å². The highest BCUT2D eigenvalue weighted by molar-refractivity contribution is 6.00. The molecule has 6 heteroatoms. The summed E-state index contributed by atoms with van der Waals surface area (Å²) >= 11 is 0. The fraction of sp³-hybridized carbons (Fsp3) is 0.269. The maximum absolute atomic E-state index is 13.5. The highest BCUT2D eigenvalue weighted by atomic mass is 16.5.